The highest BCUT2D eigenvalue weighted by Crippen LogP contribution is 2.25. The molecule has 3 aromatic rings. The molecule has 1 aliphatic heterocycles. The Labute approximate surface area is 145 Å². The van der Waals surface area contributed by atoms with Crippen LogP contribution >= 0.6 is 0 Å². The number of rotatable bonds is 3. The van der Waals surface area contributed by atoms with Crippen LogP contribution < -0.4 is 5.32 Å². The SMILES string of the molecule is C1=CC(N2CCc3nc4ccc(Nc5cnccn5)cc4n3CC2)=C1. The third-order valence-corrected chi connectivity index (χ3v) is 4.76. The van der Waals surface area contributed by atoms with Crippen LogP contribution in [-0.4, -0.2) is 37.5 Å². The summed E-state index contributed by atoms with van der Waals surface area (Å²) in [5, 5.41) is 3.31. The second-order valence-electron chi connectivity index (χ2n) is 6.29. The van der Waals surface area contributed by atoms with Crippen LogP contribution in [0, 0.1) is 0 Å². The van der Waals surface area contributed by atoms with Gasteiger partial charge in [0.2, 0.25) is 0 Å². The summed E-state index contributed by atoms with van der Waals surface area (Å²) in [6, 6.07) is 6.27. The fraction of sp³-hybridized carbons (Fsp3) is 0.211. The number of allylic oxidation sites excluding steroid dienone is 3. The van der Waals surface area contributed by atoms with Crippen molar-refractivity contribution >= 4 is 22.5 Å². The number of imidazole rings is 1. The molecule has 0 fully saturated rings. The van der Waals surface area contributed by atoms with Crippen molar-refractivity contribution in [3.8, 4) is 0 Å². The summed E-state index contributed by atoms with van der Waals surface area (Å²) in [6.45, 7) is 2.98. The summed E-state index contributed by atoms with van der Waals surface area (Å²) in [5.74, 6) is 1.91. The van der Waals surface area contributed by atoms with Crippen LogP contribution in [-0.2, 0) is 13.0 Å². The van der Waals surface area contributed by atoms with Gasteiger partial charge in [-0.3, -0.25) is 4.98 Å². The molecule has 1 N–H and O–H groups in total. The first-order valence-electron chi connectivity index (χ1n) is 8.52. The standard InChI is InChI=1S/C19H18N6/c1-2-15(3-1)24-9-6-19-23-16-5-4-14(12-17(16)25(19)11-10-24)22-18-13-20-7-8-21-18/h1-5,7-8,12-13H,6,9-11H2,(H,21,22). The minimum Gasteiger partial charge on any atom is -0.369 e. The molecule has 0 spiro atoms. The highest BCUT2D eigenvalue weighted by molar-refractivity contribution is 5.81. The topological polar surface area (TPSA) is 58.9 Å². The highest BCUT2D eigenvalue weighted by Gasteiger charge is 2.19. The molecule has 5 rings (SSSR count). The monoisotopic (exact) mass is 330 g/mol. The van der Waals surface area contributed by atoms with Gasteiger partial charge in [-0.15, -0.1) is 0 Å². The zero-order valence-electron chi connectivity index (χ0n) is 13.8. The van der Waals surface area contributed by atoms with Gasteiger partial charge in [-0.2, -0.15) is 0 Å². The smallest absolute Gasteiger partial charge is 0.148 e. The average molecular weight is 330 g/mol. The predicted octanol–water partition coefficient (Wildman–Crippen LogP) is 2.88. The molecule has 1 aliphatic carbocycles. The number of nitrogens with zero attached hydrogens (tertiary/aromatic N) is 5. The molecule has 6 nitrogen and oxygen atoms in total. The van der Waals surface area contributed by atoms with Gasteiger partial charge in [-0.25, -0.2) is 9.97 Å². The molecule has 2 aromatic heterocycles. The molecular formula is C19H18N6. The molecule has 0 atom stereocenters. The van der Waals surface area contributed by atoms with E-state index in [2.05, 4.69) is 55.1 Å². The normalized spacial score (nSPS) is 16.2. The lowest BCUT2D eigenvalue weighted by molar-refractivity contribution is 0.359. The number of hydrogen-bond acceptors (Lipinski definition) is 5. The molecule has 0 unspecified atom stereocenters. The summed E-state index contributed by atoms with van der Waals surface area (Å²) in [5.41, 5.74) is 4.56. The Hall–Kier alpha value is -3.15. The minimum atomic E-state index is 0.743. The fourth-order valence-corrected chi connectivity index (χ4v) is 3.42. The lowest BCUT2D eigenvalue weighted by Crippen LogP contribution is -2.26. The van der Waals surface area contributed by atoms with Crippen molar-refractivity contribution in [1.29, 1.82) is 0 Å². The van der Waals surface area contributed by atoms with E-state index in [1.54, 1.807) is 18.6 Å². The lowest BCUT2D eigenvalue weighted by atomic mass is 10.2. The van der Waals surface area contributed by atoms with E-state index in [4.69, 9.17) is 4.98 Å². The first-order chi connectivity index (χ1) is 12.4. The average Bonchev–Trinajstić information content (AvgIpc) is 2.81. The van der Waals surface area contributed by atoms with Crippen molar-refractivity contribution in [1.82, 2.24) is 24.4 Å². The van der Waals surface area contributed by atoms with Crippen molar-refractivity contribution in [2.45, 2.75) is 13.0 Å². The maximum Gasteiger partial charge on any atom is 0.148 e. The van der Waals surface area contributed by atoms with Crippen molar-refractivity contribution in [2.75, 3.05) is 18.4 Å². The van der Waals surface area contributed by atoms with Crippen molar-refractivity contribution in [2.24, 2.45) is 0 Å². The Morgan fingerprint density at radius 3 is 2.84 bits per heavy atom. The van der Waals surface area contributed by atoms with E-state index in [9.17, 15) is 0 Å². The molecule has 3 heterocycles. The van der Waals surface area contributed by atoms with Crippen LogP contribution in [0.25, 0.3) is 11.0 Å². The summed E-state index contributed by atoms with van der Waals surface area (Å²) in [4.78, 5) is 15.6. The number of hydrogen-bond donors (Lipinski definition) is 1. The Kier molecular flexibility index (Phi) is 3.26. The van der Waals surface area contributed by atoms with Crippen LogP contribution in [0.3, 0.4) is 0 Å². The Morgan fingerprint density at radius 1 is 1.08 bits per heavy atom. The predicted molar refractivity (Wildman–Crippen MR) is 97.5 cm³/mol. The zero-order valence-corrected chi connectivity index (χ0v) is 13.8. The first-order valence-corrected chi connectivity index (χ1v) is 8.52. The molecule has 0 saturated heterocycles. The van der Waals surface area contributed by atoms with Crippen LogP contribution in [0.1, 0.15) is 5.82 Å². The summed E-state index contributed by atoms with van der Waals surface area (Å²) in [6.07, 6.45) is 12.5. The highest BCUT2D eigenvalue weighted by atomic mass is 15.2. The minimum absolute atomic E-state index is 0.743. The van der Waals surface area contributed by atoms with Crippen LogP contribution in [0.2, 0.25) is 0 Å². The van der Waals surface area contributed by atoms with Gasteiger partial charge < -0.3 is 14.8 Å². The number of fused-ring (bicyclic) bond motifs is 3. The van der Waals surface area contributed by atoms with E-state index in [1.165, 1.54) is 11.2 Å². The second kappa shape index (κ2) is 5.73. The third kappa shape index (κ3) is 2.55. The van der Waals surface area contributed by atoms with Gasteiger partial charge in [-0.05, 0) is 30.4 Å². The number of benzene rings is 1. The summed E-state index contributed by atoms with van der Waals surface area (Å²) >= 11 is 0. The fourth-order valence-electron chi connectivity index (χ4n) is 3.42. The van der Waals surface area contributed by atoms with E-state index in [-0.39, 0.29) is 0 Å². The van der Waals surface area contributed by atoms with Crippen LogP contribution in [0.15, 0.2) is 60.7 Å². The zero-order chi connectivity index (χ0) is 16.6. The van der Waals surface area contributed by atoms with Crippen LogP contribution in [0.5, 0.6) is 0 Å². The first kappa shape index (κ1) is 14.2. The molecule has 0 saturated carbocycles. The number of nitrogens with one attached hydrogen (secondary N) is 1. The maximum atomic E-state index is 4.84. The quantitative estimate of drug-likeness (QED) is 0.800. The van der Waals surface area contributed by atoms with Crippen LogP contribution in [0.4, 0.5) is 11.5 Å². The molecular weight excluding hydrogens is 312 g/mol. The van der Waals surface area contributed by atoms with Crippen molar-refractivity contribution in [3.63, 3.8) is 0 Å². The molecule has 124 valence electrons. The maximum absolute atomic E-state index is 4.84. The summed E-state index contributed by atoms with van der Waals surface area (Å²) in [7, 11) is 0. The Balaban J connectivity index is 1.45. The third-order valence-electron chi connectivity index (χ3n) is 4.76. The van der Waals surface area contributed by atoms with Gasteiger partial charge in [0.05, 0.1) is 17.2 Å². The molecule has 1 aromatic carbocycles. The van der Waals surface area contributed by atoms with Crippen molar-refractivity contribution < 1.29 is 0 Å². The molecule has 2 aliphatic rings. The van der Waals surface area contributed by atoms with Gasteiger partial charge in [0.15, 0.2) is 0 Å². The summed E-state index contributed by atoms with van der Waals surface area (Å²) < 4.78 is 2.35. The van der Waals surface area contributed by atoms with E-state index in [0.29, 0.717) is 0 Å². The van der Waals surface area contributed by atoms with Gasteiger partial charge in [0.25, 0.3) is 0 Å². The molecule has 0 bridgehead atoms. The number of aromatic nitrogens is 4. The van der Waals surface area contributed by atoms with Gasteiger partial charge >= 0.3 is 0 Å². The van der Waals surface area contributed by atoms with Gasteiger partial charge in [-0.1, -0.05) is 6.08 Å². The molecule has 6 heteroatoms. The largest absolute Gasteiger partial charge is 0.369 e. The molecule has 0 radical (unpaired) electrons. The Bertz CT molecular complexity index is 986. The van der Waals surface area contributed by atoms with Crippen molar-refractivity contribution in [3.05, 3.63) is 66.5 Å². The molecule has 0 amide bonds. The van der Waals surface area contributed by atoms with Gasteiger partial charge in [0.1, 0.15) is 11.6 Å². The van der Waals surface area contributed by atoms with E-state index in [1.807, 2.05) is 6.07 Å². The lowest BCUT2D eigenvalue weighted by Gasteiger charge is -2.25. The molecule has 25 heavy (non-hydrogen) atoms. The van der Waals surface area contributed by atoms with E-state index < -0.39 is 0 Å². The second-order valence-corrected chi connectivity index (χ2v) is 6.29. The number of anilines is 2. The van der Waals surface area contributed by atoms with E-state index in [0.717, 1.165) is 48.9 Å². The van der Waals surface area contributed by atoms with E-state index >= 15 is 0 Å². The Morgan fingerprint density at radius 2 is 2.04 bits per heavy atom. The van der Waals surface area contributed by atoms with Gasteiger partial charge in [0, 0.05) is 49.8 Å².